The normalized spacial score (nSPS) is 18.5. The molecule has 1 aliphatic heterocycles. The van der Waals surface area contributed by atoms with Gasteiger partial charge in [-0.1, -0.05) is 9.59 Å². The Balaban J connectivity index is 1.96. The summed E-state index contributed by atoms with van der Waals surface area (Å²) in [6.07, 6.45) is 1.85. The van der Waals surface area contributed by atoms with Gasteiger partial charge in [-0.2, -0.15) is 5.26 Å². The fourth-order valence-corrected chi connectivity index (χ4v) is 1.97. The summed E-state index contributed by atoms with van der Waals surface area (Å²) in [7, 11) is 0. The number of anilines is 1. The topological polar surface area (TPSA) is 65.7 Å². The van der Waals surface area contributed by atoms with Crippen molar-refractivity contribution in [2.45, 2.75) is 12.8 Å². The average Bonchev–Trinajstić information content (AvgIpc) is 2.71. The largest absolute Gasteiger partial charge is 0.345 e. The highest BCUT2D eigenvalue weighted by Crippen LogP contribution is 2.22. The number of nitrogens with zero attached hydrogens (tertiary/aromatic N) is 5. The number of aromatic nitrogens is 3. The lowest BCUT2D eigenvalue weighted by Crippen LogP contribution is -2.33. The van der Waals surface area contributed by atoms with Crippen molar-refractivity contribution in [2.24, 2.45) is 5.92 Å². The lowest BCUT2D eigenvalue weighted by Gasteiger charge is -2.27. The predicted molar refractivity (Wildman–Crippen MR) is 48.3 cm³/mol. The van der Waals surface area contributed by atoms with Gasteiger partial charge in [-0.15, -0.1) is 0 Å². The van der Waals surface area contributed by atoms with E-state index in [-0.39, 0.29) is 5.92 Å². The quantitative estimate of drug-likeness (QED) is 0.659. The number of nitriles is 1. The van der Waals surface area contributed by atoms with Gasteiger partial charge < -0.3 is 4.90 Å². The molecule has 1 fully saturated rings. The number of hydrogen-bond donors (Lipinski definition) is 0. The number of piperidine rings is 1. The summed E-state index contributed by atoms with van der Waals surface area (Å²) >= 11 is 1.31. The lowest BCUT2D eigenvalue weighted by molar-refractivity contribution is 0.486. The van der Waals surface area contributed by atoms with E-state index in [1.807, 2.05) is 0 Å². The second-order valence-electron chi connectivity index (χ2n) is 3.04. The molecule has 1 aliphatic rings. The molecule has 0 aromatic carbocycles. The molecule has 0 bridgehead atoms. The predicted octanol–water partition coefficient (Wildman–Crippen LogP) is 0.673. The Morgan fingerprint density at radius 2 is 2.23 bits per heavy atom. The third-order valence-electron chi connectivity index (χ3n) is 2.24. The smallest absolute Gasteiger partial charge is 0.227 e. The van der Waals surface area contributed by atoms with Gasteiger partial charge in [-0.3, -0.25) is 0 Å². The van der Waals surface area contributed by atoms with Crippen LogP contribution in [0.5, 0.6) is 0 Å². The molecule has 68 valence electrons. The molecule has 0 saturated carbocycles. The van der Waals surface area contributed by atoms with Crippen molar-refractivity contribution in [1.82, 2.24) is 14.8 Å². The van der Waals surface area contributed by atoms with Gasteiger partial charge in [0.25, 0.3) is 0 Å². The van der Waals surface area contributed by atoms with E-state index < -0.39 is 0 Å². The van der Waals surface area contributed by atoms with Crippen molar-refractivity contribution in [2.75, 3.05) is 18.0 Å². The molecule has 1 saturated heterocycles. The summed E-state index contributed by atoms with van der Waals surface area (Å²) in [5.74, 6) is 0.220. The summed E-state index contributed by atoms with van der Waals surface area (Å²) in [5, 5.41) is 17.0. The van der Waals surface area contributed by atoms with Crippen LogP contribution >= 0.6 is 11.5 Å². The van der Waals surface area contributed by atoms with Crippen molar-refractivity contribution in [1.29, 1.82) is 5.26 Å². The Morgan fingerprint density at radius 1 is 1.46 bits per heavy atom. The third kappa shape index (κ3) is 1.75. The maximum Gasteiger partial charge on any atom is 0.227 e. The highest BCUT2D eigenvalue weighted by molar-refractivity contribution is 7.09. The highest BCUT2D eigenvalue weighted by atomic mass is 32.1. The molecule has 13 heavy (non-hydrogen) atoms. The molecule has 0 unspecified atom stereocenters. The second-order valence-corrected chi connectivity index (χ2v) is 3.75. The van der Waals surface area contributed by atoms with E-state index in [2.05, 4.69) is 25.8 Å². The molecule has 0 aliphatic carbocycles. The maximum absolute atomic E-state index is 8.70. The first-order chi connectivity index (χ1) is 6.40. The van der Waals surface area contributed by atoms with Crippen molar-refractivity contribution in [3.8, 4) is 6.07 Å². The van der Waals surface area contributed by atoms with Crippen molar-refractivity contribution < 1.29 is 0 Å². The van der Waals surface area contributed by atoms with Crippen LogP contribution in [0, 0.1) is 17.2 Å². The molecule has 2 rings (SSSR count). The van der Waals surface area contributed by atoms with E-state index in [0.717, 1.165) is 31.1 Å². The monoisotopic (exact) mass is 195 g/mol. The minimum Gasteiger partial charge on any atom is -0.345 e. The van der Waals surface area contributed by atoms with E-state index in [0.29, 0.717) is 0 Å². The Bertz CT molecular complexity index is 295. The first kappa shape index (κ1) is 8.38. The van der Waals surface area contributed by atoms with E-state index in [1.54, 1.807) is 0 Å². The third-order valence-corrected chi connectivity index (χ3v) is 2.90. The van der Waals surface area contributed by atoms with E-state index >= 15 is 0 Å². The van der Waals surface area contributed by atoms with Gasteiger partial charge in [0, 0.05) is 30.5 Å². The van der Waals surface area contributed by atoms with Crippen LogP contribution in [0.25, 0.3) is 0 Å². The van der Waals surface area contributed by atoms with Crippen LogP contribution in [0.4, 0.5) is 5.13 Å². The van der Waals surface area contributed by atoms with Crippen LogP contribution in [-0.4, -0.2) is 27.9 Å². The van der Waals surface area contributed by atoms with Crippen LogP contribution in [0.15, 0.2) is 0 Å². The second kappa shape index (κ2) is 3.66. The van der Waals surface area contributed by atoms with Gasteiger partial charge in [0.1, 0.15) is 0 Å². The van der Waals surface area contributed by atoms with Crippen LogP contribution in [0.1, 0.15) is 12.8 Å². The molecule has 0 amide bonds. The summed E-state index contributed by atoms with van der Waals surface area (Å²) in [6, 6.07) is 2.29. The highest BCUT2D eigenvalue weighted by Gasteiger charge is 2.20. The van der Waals surface area contributed by atoms with Gasteiger partial charge in [0.2, 0.25) is 5.13 Å². The Kier molecular flexibility index (Phi) is 2.36. The van der Waals surface area contributed by atoms with Crippen molar-refractivity contribution in [3.05, 3.63) is 0 Å². The molecular weight excluding hydrogens is 186 g/mol. The van der Waals surface area contributed by atoms with Gasteiger partial charge in [0.15, 0.2) is 0 Å². The van der Waals surface area contributed by atoms with Crippen LogP contribution < -0.4 is 4.90 Å². The molecule has 0 N–H and O–H groups in total. The van der Waals surface area contributed by atoms with Crippen LogP contribution in [0.3, 0.4) is 0 Å². The summed E-state index contributed by atoms with van der Waals surface area (Å²) in [4.78, 5) is 2.14. The summed E-state index contributed by atoms with van der Waals surface area (Å²) in [5.41, 5.74) is 0. The molecule has 1 aromatic rings. The standard InChI is InChI=1S/C7H9N5S/c8-5-6-1-3-12(4-2-6)7-9-10-11-13-7/h6H,1-4H2. The number of rotatable bonds is 1. The minimum absolute atomic E-state index is 0.220. The van der Waals surface area contributed by atoms with Crippen molar-refractivity contribution >= 4 is 16.7 Å². The molecule has 5 nitrogen and oxygen atoms in total. The van der Waals surface area contributed by atoms with Crippen molar-refractivity contribution in [3.63, 3.8) is 0 Å². The molecule has 2 heterocycles. The Hall–Kier alpha value is -1.22. The van der Waals surface area contributed by atoms with Gasteiger partial charge in [-0.05, 0) is 18.1 Å². The summed E-state index contributed by atoms with van der Waals surface area (Å²) in [6.45, 7) is 1.80. The van der Waals surface area contributed by atoms with Crippen LogP contribution in [0.2, 0.25) is 0 Å². The lowest BCUT2D eigenvalue weighted by atomic mass is 9.99. The molecule has 6 heteroatoms. The van der Waals surface area contributed by atoms with Gasteiger partial charge in [0.05, 0.1) is 6.07 Å². The minimum atomic E-state index is 0.220. The zero-order chi connectivity index (χ0) is 9.10. The molecule has 0 radical (unpaired) electrons. The fourth-order valence-electron chi connectivity index (χ4n) is 1.45. The molecular formula is C7H9N5S. The fraction of sp³-hybridized carbons (Fsp3) is 0.714. The van der Waals surface area contributed by atoms with Crippen LogP contribution in [-0.2, 0) is 0 Å². The van der Waals surface area contributed by atoms with E-state index in [9.17, 15) is 0 Å². The first-order valence-corrected chi connectivity index (χ1v) is 4.97. The van der Waals surface area contributed by atoms with Gasteiger partial charge in [-0.25, -0.2) is 0 Å². The zero-order valence-corrected chi connectivity index (χ0v) is 7.87. The van der Waals surface area contributed by atoms with E-state index in [4.69, 9.17) is 5.26 Å². The SMILES string of the molecule is N#CC1CCN(c2nnns2)CC1. The molecule has 1 aromatic heterocycles. The van der Waals surface area contributed by atoms with Gasteiger partial charge >= 0.3 is 0 Å². The number of hydrogen-bond acceptors (Lipinski definition) is 6. The maximum atomic E-state index is 8.70. The average molecular weight is 195 g/mol. The Labute approximate surface area is 80.1 Å². The molecule has 0 atom stereocenters. The molecule has 0 spiro atoms. The zero-order valence-electron chi connectivity index (χ0n) is 7.05. The first-order valence-electron chi connectivity index (χ1n) is 4.20. The summed E-state index contributed by atoms with van der Waals surface area (Å²) < 4.78 is 3.71. The van der Waals surface area contributed by atoms with E-state index in [1.165, 1.54) is 11.5 Å². The Morgan fingerprint density at radius 3 is 2.77 bits per heavy atom.